The molecule has 2 aromatic rings. The number of nitrogen functional groups attached to an aromatic ring is 1. The molecule has 0 aliphatic heterocycles. The van der Waals surface area contributed by atoms with E-state index in [2.05, 4.69) is 20.5 Å². The monoisotopic (exact) mass is 252 g/mol. The van der Waals surface area contributed by atoms with Crippen LogP contribution in [0.5, 0.6) is 0 Å². The minimum atomic E-state index is 0.209. The fourth-order valence-electron chi connectivity index (χ4n) is 1.63. The second kappa shape index (κ2) is 4.68. The molecule has 0 unspecified atom stereocenters. The zero-order valence-corrected chi connectivity index (χ0v) is 10.3. The highest BCUT2D eigenvalue weighted by Gasteiger charge is 2.16. The molecule has 0 spiro atoms. The molecule has 0 aliphatic rings. The predicted molar refractivity (Wildman–Crippen MR) is 66.1 cm³/mol. The Bertz CT molecular complexity index is 521. The fourth-order valence-corrected chi connectivity index (χ4v) is 1.77. The fraction of sp³-hybridized carbons (Fsp3) is 0.300. The number of nitrogens with zero attached hydrogens (tertiary/aromatic N) is 4. The van der Waals surface area contributed by atoms with Gasteiger partial charge in [0, 0.05) is 5.56 Å². The van der Waals surface area contributed by atoms with Gasteiger partial charge in [-0.05, 0) is 5.92 Å². The first-order valence-corrected chi connectivity index (χ1v) is 5.53. The van der Waals surface area contributed by atoms with Gasteiger partial charge in [-0.2, -0.15) is 5.10 Å². The number of hydrogen-bond acceptors (Lipinski definition) is 5. The molecule has 0 bridgehead atoms. The first kappa shape index (κ1) is 11.8. The van der Waals surface area contributed by atoms with Crippen LogP contribution in [0.1, 0.15) is 25.3 Å². The van der Waals surface area contributed by atoms with Crippen LogP contribution in [-0.2, 0) is 0 Å². The molecule has 3 N–H and O–H groups in total. The number of rotatable bonds is 3. The minimum Gasteiger partial charge on any atom is -0.308 e. The van der Waals surface area contributed by atoms with E-state index in [4.69, 9.17) is 17.4 Å². The van der Waals surface area contributed by atoms with Crippen LogP contribution >= 0.6 is 11.6 Å². The number of anilines is 1. The van der Waals surface area contributed by atoms with Gasteiger partial charge < -0.3 is 5.43 Å². The van der Waals surface area contributed by atoms with Gasteiger partial charge in [-0.1, -0.05) is 25.4 Å². The van der Waals surface area contributed by atoms with Gasteiger partial charge in [-0.25, -0.2) is 20.5 Å². The standard InChI is InChI=1S/C10H13ClN6/c1-6(2)8-9(16-12)13-5-14-10(8)17-4-7(11)3-15-17/h3-6H,12H2,1-2H3,(H,13,14,16). The molecule has 0 saturated carbocycles. The maximum absolute atomic E-state index is 5.85. The van der Waals surface area contributed by atoms with Crippen molar-refractivity contribution in [3.05, 3.63) is 29.3 Å². The lowest BCUT2D eigenvalue weighted by atomic mass is 10.0. The van der Waals surface area contributed by atoms with E-state index in [0.29, 0.717) is 16.7 Å². The Morgan fingerprint density at radius 3 is 2.71 bits per heavy atom. The number of hydrogen-bond donors (Lipinski definition) is 2. The molecular weight excluding hydrogens is 240 g/mol. The number of nitrogens with one attached hydrogen (secondary N) is 1. The van der Waals surface area contributed by atoms with E-state index in [1.807, 2.05) is 13.8 Å². The molecule has 0 atom stereocenters. The molecule has 2 aromatic heterocycles. The van der Waals surface area contributed by atoms with Crippen molar-refractivity contribution in [1.29, 1.82) is 0 Å². The van der Waals surface area contributed by atoms with E-state index >= 15 is 0 Å². The van der Waals surface area contributed by atoms with Gasteiger partial charge in [-0.15, -0.1) is 0 Å². The minimum absolute atomic E-state index is 0.209. The molecule has 0 aliphatic carbocycles. The van der Waals surface area contributed by atoms with Gasteiger partial charge >= 0.3 is 0 Å². The lowest BCUT2D eigenvalue weighted by Crippen LogP contribution is -2.15. The molecule has 0 radical (unpaired) electrons. The van der Waals surface area contributed by atoms with E-state index in [0.717, 1.165) is 5.56 Å². The molecule has 2 heterocycles. The Morgan fingerprint density at radius 1 is 1.41 bits per heavy atom. The predicted octanol–water partition coefficient (Wildman–Crippen LogP) is 1.72. The van der Waals surface area contributed by atoms with E-state index in [1.54, 1.807) is 17.1 Å². The van der Waals surface area contributed by atoms with E-state index < -0.39 is 0 Å². The molecule has 0 aromatic carbocycles. The summed E-state index contributed by atoms with van der Waals surface area (Å²) in [6.45, 7) is 4.07. The maximum Gasteiger partial charge on any atom is 0.162 e. The van der Waals surface area contributed by atoms with Crippen LogP contribution in [0.25, 0.3) is 5.82 Å². The number of aromatic nitrogens is 4. The third kappa shape index (κ3) is 2.22. The van der Waals surface area contributed by atoms with Crippen molar-refractivity contribution in [3.8, 4) is 5.82 Å². The summed E-state index contributed by atoms with van der Waals surface area (Å²) in [5.41, 5.74) is 3.47. The summed E-state index contributed by atoms with van der Waals surface area (Å²) >= 11 is 5.85. The number of nitrogens with two attached hydrogens (primary N) is 1. The topological polar surface area (TPSA) is 81.6 Å². The largest absolute Gasteiger partial charge is 0.308 e. The summed E-state index contributed by atoms with van der Waals surface area (Å²) in [7, 11) is 0. The quantitative estimate of drug-likeness (QED) is 0.642. The van der Waals surface area contributed by atoms with Gasteiger partial charge in [0.25, 0.3) is 0 Å². The molecule has 0 saturated heterocycles. The average Bonchev–Trinajstić information content (AvgIpc) is 2.74. The lowest BCUT2D eigenvalue weighted by Gasteiger charge is -2.14. The molecule has 7 heteroatoms. The van der Waals surface area contributed by atoms with Crippen LogP contribution in [0.3, 0.4) is 0 Å². The van der Waals surface area contributed by atoms with Gasteiger partial charge in [0.05, 0.1) is 17.4 Å². The van der Waals surface area contributed by atoms with E-state index in [-0.39, 0.29) is 5.92 Å². The number of halogens is 1. The van der Waals surface area contributed by atoms with Gasteiger partial charge in [0.1, 0.15) is 12.1 Å². The Balaban J connectivity index is 2.60. The zero-order chi connectivity index (χ0) is 12.4. The van der Waals surface area contributed by atoms with Crippen molar-refractivity contribution in [1.82, 2.24) is 19.7 Å². The maximum atomic E-state index is 5.85. The molecule has 6 nitrogen and oxygen atoms in total. The second-order valence-electron chi connectivity index (χ2n) is 3.86. The Kier molecular flexibility index (Phi) is 3.26. The van der Waals surface area contributed by atoms with Crippen molar-refractivity contribution >= 4 is 17.4 Å². The van der Waals surface area contributed by atoms with Gasteiger partial charge in [-0.3, -0.25) is 0 Å². The molecule has 90 valence electrons. The van der Waals surface area contributed by atoms with Crippen molar-refractivity contribution in [2.24, 2.45) is 5.84 Å². The highest BCUT2D eigenvalue weighted by molar-refractivity contribution is 6.30. The highest BCUT2D eigenvalue weighted by atomic mass is 35.5. The third-order valence-corrected chi connectivity index (χ3v) is 2.54. The highest BCUT2D eigenvalue weighted by Crippen LogP contribution is 2.26. The van der Waals surface area contributed by atoms with E-state index in [9.17, 15) is 0 Å². The van der Waals surface area contributed by atoms with Crippen molar-refractivity contribution in [3.63, 3.8) is 0 Å². The van der Waals surface area contributed by atoms with Crippen LogP contribution in [-0.4, -0.2) is 19.7 Å². The normalized spacial score (nSPS) is 10.9. The molecule has 17 heavy (non-hydrogen) atoms. The summed E-state index contributed by atoms with van der Waals surface area (Å²) in [5.74, 6) is 6.92. The van der Waals surface area contributed by atoms with Crippen LogP contribution in [0.15, 0.2) is 18.7 Å². The molecule has 0 fully saturated rings. The van der Waals surface area contributed by atoms with Crippen LogP contribution in [0.2, 0.25) is 5.02 Å². The SMILES string of the molecule is CC(C)c1c(NN)ncnc1-n1cc(Cl)cn1. The summed E-state index contributed by atoms with van der Waals surface area (Å²) in [6, 6.07) is 0. The van der Waals surface area contributed by atoms with Crippen LogP contribution < -0.4 is 11.3 Å². The van der Waals surface area contributed by atoms with E-state index in [1.165, 1.54) is 6.33 Å². The second-order valence-corrected chi connectivity index (χ2v) is 4.30. The van der Waals surface area contributed by atoms with Crippen LogP contribution in [0, 0.1) is 0 Å². The van der Waals surface area contributed by atoms with Crippen molar-refractivity contribution in [2.45, 2.75) is 19.8 Å². The summed E-state index contributed by atoms with van der Waals surface area (Å²) < 4.78 is 1.61. The van der Waals surface area contributed by atoms with Gasteiger partial charge in [0.15, 0.2) is 5.82 Å². The number of hydrazine groups is 1. The smallest absolute Gasteiger partial charge is 0.162 e. The zero-order valence-electron chi connectivity index (χ0n) is 9.55. The third-order valence-electron chi connectivity index (χ3n) is 2.35. The Labute approximate surface area is 104 Å². The van der Waals surface area contributed by atoms with Gasteiger partial charge in [0.2, 0.25) is 0 Å². The summed E-state index contributed by atoms with van der Waals surface area (Å²) in [5, 5.41) is 4.69. The first-order valence-electron chi connectivity index (χ1n) is 5.15. The molecular formula is C10H13ClN6. The summed E-state index contributed by atoms with van der Waals surface area (Å²) in [4.78, 5) is 8.32. The summed E-state index contributed by atoms with van der Waals surface area (Å²) in [6.07, 6.45) is 4.69. The van der Waals surface area contributed by atoms with Crippen LogP contribution in [0.4, 0.5) is 5.82 Å². The Morgan fingerprint density at radius 2 is 2.18 bits per heavy atom. The average molecular weight is 253 g/mol. The molecule has 0 amide bonds. The van der Waals surface area contributed by atoms with Crippen molar-refractivity contribution < 1.29 is 0 Å². The molecule has 2 rings (SSSR count). The lowest BCUT2D eigenvalue weighted by molar-refractivity contribution is 0.773. The van der Waals surface area contributed by atoms with Crippen molar-refractivity contribution in [2.75, 3.05) is 5.43 Å². The first-order chi connectivity index (χ1) is 8.13. The Hall–Kier alpha value is -1.66.